The van der Waals surface area contributed by atoms with Crippen molar-refractivity contribution in [2.24, 2.45) is 7.05 Å². The fourth-order valence-electron chi connectivity index (χ4n) is 2.15. The third kappa shape index (κ3) is 2.31. The highest BCUT2D eigenvalue weighted by atomic mass is 15.3. The van der Waals surface area contributed by atoms with Gasteiger partial charge in [-0.05, 0) is 20.3 Å². The molecule has 1 atom stereocenters. The second kappa shape index (κ2) is 4.23. The van der Waals surface area contributed by atoms with E-state index in [-0.39, 0.29) is 0 Å². The molecule has 0 spiro atoms. The van der Waals surface area contributed by atoms with E-state index >= 15 is 0 Å². The largest absolute Gasteiger partial charge is 0.367 e. The Morgan fingerprint density at radius 2 is 2.27 bits per heavy atom. The van der Waals surface area contributed by atoms with E-state index in [1.807, 2.05) is 11.7 Å². The van der Waals surface area contributed by atoms with Gasteiger partial charge in [-0.2, -0.15) is 5.10 Å². The maximum Gasteiger partial charge on any atom is 0.0827 e. The van der Waals surface area contributed by atoms with Crippen molar-refractivity contribution in [3.05, 3.63) is 11.9 Å². The lowest BCUT2D eigenvalue weighted by atomic mass is 10.2. The number of nitrogens with one attached hydrogen (secondary N) is 1. The molecule has 0 radical (unpaired) electrons. The van der Waals surface area contributed by atoms with E-state index in [0.29, 0.717) is 6.04 Å². The van der Waals surface area contributed by atoms with Crippen LogP contribution in [0.5, 0.6) is 0 Å². The van der Waals surface area contributed by atoms with Crippen LogP contribution in [-0.2, 0) is 7.05 Å². The Bertz CT molecular complexity index is 331. The molecule has 1 unspecified atom stereocenters. The molecule has 4 heteroatoms. The van der Waals surface area contributed by atoms with Crippen molar-refractivity contribution in [2.45, 2.75) is 26.3 Å². The van der Waals surface area contributed by atoms with Crippen LogP contribution in [0.3, 0.4) is 0 Å². The molecule has 1 aromatic rings. The Kier molecular flexibility index (Phi) is 2.95. The molecule has 4 nitrogen and oxygen atoms in total. The summed E-state index contributed by atoms with van der Waals surface area (Å²) in [5, 5.41) is 7.89. The van der Waals surface area contributed by atoms with E-state index in [0.717, 1.165) is 25.3 Å². The minimum absolute atomic E-state index is 0.631. The van der Waals surface area contributed by atoms with Crippen molar-refractivity contribution in [2.75, 3.05) is 24.5 Å². The first kappa shape index (κ1) is 10.5. The molecule has 15 heavy (non-hydrogen) atoms. The second-order valence-corrected chi connectivity index (χ2v) is 4.40. The maximum absolute atomic E-state index is 4.39. The minimum atomic E-state index is 0.631. The average molecular weight is 208 g/mol. The zero-order valence-corrected chi connectivity index (χ0v) is 9.82. The monoisotopic (exact) mass is 208 g/mol. The number of nitrogens with zero attached hydrogens (tertiary/aromatic N) is 3. The summed E-state index contributed by atoms with van der Waals surface area (Å²) >= 11 is 0. The van der Waals surface area contributed by atoms with Crippen LogP contribution in [-0.4, -0.2) is 35.5 Å². The van der Waals surface area contributed by atoms with Crippen LogP contribution >= 0.6 is 0 Å². The molecule has 1 aliphatic rings. The van der Waals surface area contributed by atoms with Gasteiger partial charge in [-0.15, -0.1) is 0 Å². The van der Waals surface area contributed by atoms with Gasteiger partial charge in [-0.1, -0.05) is 0 Å². The van der Waals surface area contributed by atoms with Gasteiger partial charge < -0.3 is 10.2 Å². The molecule has 0 amide bonds. The Labute approximate surface area is 91.3 Å². The van der Waals surface area contributed by atoms with Crippen LogP contribution in [0, 0.1) is 6.92 Å². The molecule has 1 aromatic heterocycles. The zero-order valence-electron chi connectivity index (χ0n) is 9.82. The second-order valence-electron chi connectivity index (χ2n) is 4.40. The van der Waals surface area contributed by atoms with Crippen LogP contribution in [0.25, 0.3) is 0 Å². The number of hydrogen-bond donors (Lipinski definition) is 1. The van der Waals surface area contributed by atoms with Gasteiger partial charge in [-0.25, -0.2) is 0 Å². The number of aromatic nitrogens is 2. The normalized spacial score (nSPS) is 22.9. The van der Waals surface area contributed by atoms with E-state index in [4.69, 9.17) is 0 Å². The molecule has 0 bridgehead atoms. The predicted octanol–water partition coefficient (Wildman–Crippen LogP) is 0.917. The highest BCUT2D eigenvalue weighted by Gasteiger charge is 2.16. The molecule has 2 rings (SSSR count). The number of rotatable bonds is 1. The van der Waals surface area contributed by atoms with Crippen molar-refractivity contribution >= 4 is 5.69 Å². The zero-order chi connectivity index (χ0) is 10.8. The minimum Gasteiger partial charge on any atom is -0.367 e. The van der Waals surface area contributed by atoms with E-state index in [9.17, 15) is 0 Å². The third-order valence-electron chi connectivity index (χ3n) is 3.03. The van der Waals surface area contributed by atoms with Crippen LogP contribution < -0.4 is 10.2 Å². The van der Waals surface area contributed by atoms with Crippen molar-refractivity contribution in [1.82, 2.24) is 15.1 Å². The Hall–Kier alpha value is -1.03. The molecule has 84 valence electrons. The van der Waals surface area contributed by atoms with Gasteiger partial charge in [0.1, 0.15) is 0 Å². The Balaban J connectivity index is 2.12. The maximum atomic E-state index is 4.39. The highest BCUT2D eigenvalue weighted by molar-refractivity contribution is 5.48. The first-order valence-electron chi connectivity index (χ1n) is 5.65. The summed E-state index contributed by atoms with van der Waals surface area (Å²) in [4.78, 5) is 2.43. The van der Waals surface area contributed by atoms with Crippen LogP contribution in [0.15, 0.2) is 6.20 Å². The smallest absolute Gasteiger partial charge is 0.0827 e. The molecule has 1 aliphatic heterocycles. The summed E-state index contributed by atoms with van der Waals surface area (Å²) in [6, 6.07) is 0.631. The lowest BCUT2D eigenvalue weighted by Crippen LogP contribution is -2.29. The van der Waals surface area contributed by atoms with Crippen LogP contribution in [0.1, 0.15) is 19.0 Å². The predicted molar refractivity (Wildman–Crippen MR) is 62.2 cm³/mol. The summed E-state index contributed by atoms with van der Waals surface area (Å²) in [6.07, 6.45) is 3.32. The lowest BCUT2D eigenvalue weighted by molar-refractivity contribution is 0.566. The van der Waals surface area contributed by atoms with Gasteiger partial charge >= 0.3 is 0 Å². The molecule has 1 N–H and O–H groups in total. The fourth-order valence-corrected chi connectivity index (χ4v) is 2.15. The van der Waals surface area contributed by atoms with Gasteiger partial charge in [-0.3, -0.25) is 4.68 Å². The molecular weight excluding hydrogens is 188 g/mol. The van der Waals surface area contributed by atoms with E-state index in [2.05, 4.69) is 35.4 Å². The van der Waals surface area contributed by atoms with E-state index < -0.39 is 0 Å². The molecule has 0 aromatic carbocycles. The van der Waals surface area contributed by atoms with Crippen molar-refractivity contribution in [3.63, 3.8) is 0 Å². The number of hydrogen-bond acceptors (Lipinski definition) is 3. The molecule has 1 saturated heterocycles. The van der Waals surface area contributed by atoms with Crippen LogP contribution in [0.4, 0.5) is 5.69 Å². The quantitative estimate of drug-likeness (QED) is 0.745. The standard InChI is InChI=1S/C11H20N4/c1-9-4-6-15(7-5-12-9)11-8-14(3)13-10(11)2/h8-9,12H,4-7H2,1-3H3. The summed E-state index contributed by atoms with van der Waals surface area (Å²) in [5.41, 5.74) is 2.42. The summed E-state index contributed by atoms with van der Waals surface area (Å²) in [6.45, 7) is 7.60. The lowest BCUT2D eigenvalue weighted by Gasteiger charge is -2.21. The number of anilines is 1. The van der Waals surface area contributed by atoms with E-state index in [1.54, 1.807) is 0 Å². The van der Waals surface area contributed by atoms with Gasteiger partial charge in [0.15, 0.2) is 0 Å². The van der Waals surface area contributed by atoms with E-state index in [1.165, 1.54) is 12.1 Å². The molecule has 1 fully saturated rings. The van der Waals surface area contributed by atoms with Gasteiger partial charge in [0.25, 0.3) is 0 Å². The fraction of sp³-hybridized carbons (Fsp3) is 0.727. The van der Waals surface area contributed by atoms with Gasteiger partial charge in [0, 0.05) is 38.9 Å². The Morgan fingerprint density at radius 1 is 1.47 bits per heavy atom. The van der Waals surface area contributed by atoms with Crippen molar-refractivity contribution in [1.29, 1.82) is 0 Å². The highest BCUT2D eigenvalue weighted by Crippen LogP contribution is 2.19. The number of aryl methyl sites for hydroxylation is 2. The molecule has 2 heterocycles. The first-order valence-corrected chi connectivity index (χ1v) is 5.65. The van der Waals surface area contributed by atoms with Crippen molar-refractivity contribution in [3.8, 4) is 0 Å². The third-order valence-corrected chi connectivity index (χ3v) is 3.03. The summed E-state index contributed by atoms with van der Waals surface area (Å²) in [5.74, 6) is 0. The SMILES string of the molecule is Cc1nn(C)cc1N1CCNC(C)CC1. The summed E-state index contributed by atoms with van der Waals surface area (Å²) < 4.78 is 1.90. The molecule has 0 saturated carbocycles. The van der Waals surface area contributed by atoms with Crippen molar-refractivity contribution < 1.29 is 0 Å². The van der Waals surface area contributed by atoms with Gasteiger partial charge in [0.05, 0.1) is 11.4 Å². The topological polar surface area (TPSA) is 33.1 Å². The molecule has 0 aliphatic carbocycles. The Morgan fingerprint density at radius 3 is 2.93 bits per heavy atom. The van der Waals surface area contributed by atoms with Gasteiger partial charge in [0.2, 0.25) is 0 Å². The van der Waals surface area contributed by atoms with Crippen LogP contribution in [0.2, 0.25) is 0 Å². The summed E-state index contributed by atoms with van der Waals surface area (Å²) in [7, 11) is 1.98. The average Bonchev–Trinajstić information content (AvgIpc) is 2.39. The molecular formula is C11H20N4. The first-order chi connectivity index (χ1) is 7.16.